The van der Waals surface area contributed by atoms with E-state index in [-0.39, 0.29) is 0 Å². The van der Waals surface area contributed by atoms with Crippen LogP contribution < -0.4 is 10.6 Å². The first-order valence-corrected chi connectivity index (χ1v) is 6.77. The molecule has 0 fully saturated rings. The molecule has 0 saturated carbocycles. The van der Waals surface area contributed by atoms with Gasteiger partial charge in [0, 0.05) is 24.8 Å². The minimum atomic E-state index is 0.497. The van der Waals surface area contributed by atoms with Gasteiger partial charge in [-0.25, -0.2) is 0 Å². The van der Waals surface area contributed by atoms with E-state index in [9.17, 15) is 0 Å². The maximum Gasteiger partial charge on any atom is 0.0414 e. The van der Waals surface area contributed by atoms with E-state index < -0.39 is 0 Å². The van der Waals surface area contributed by atoms with Crippen LogP contribution in [0.4, 0.5) is 5.69 Å². The molecular formula is C15H24N2. The number of nitrogens with zero attached hydrogens (tertiary/aromatic N) is 1. The minimum absolute atomic E-state index is 0.497. The first-order valence-electron chi connectivity index (χ1n) is 6.77. The third kappa shape index (κ3) is 2.81. The Balaban J connectivity index is 2.21. The van der Waals surface area contributed by atoms with Crippen molar-refractivity contribution in [2.75, 3.05) is 18.0 Å². The van der Waals surface area contributed by atoms with Crippen molar-refractivity contribution in [3.8, 4) is 0 Å². The molecule has 1 aromatic rings. The summed E-state index contributed by atoms with van der Waals surface area (Å²) in [4.78, 5) is 2.53. The average Bonchev–Trinajstić information content (AvgIpc) is 2.35. The number of anilines is 1. The predicted octanol–water partition coefficient (Wildman–Crippen LogP) is 2.81. The molecule has 0 radical (unpaired) electrons. The monoisotopic (exact) mass is 232 g/mol. The van der Waals surface area contributed by atoms with Crippen LogP contribution in [0.1, 0.15) is 32.3 Å². The summed E-state index contributed by atoms with van der Waals surface area (Å²) in [5, 5.41) is 0. The molecule has 1 aliphatic heterocycles. The molecule has 0 saturated heterocycles. The van der Waals surface area contributed by atoms with Gasteiger partial charge in [0.25, 0.3) is 0 Å². The molecule has 0 spiro atoms. The quantitative estimate of drug-likeness (QED) is 0.865. The Hall–Kier alpha value is -1.02. The minimum Gasteiger partial charge on any atom is -0.367 e. The van der Waals surface area contributed by atoms with E-state index in [1.165, 1.54) is 30.5 Å². The summed E-state index contributed by atoms with van der Waals surface area (Å²) in [6.07, 6.45) is 3.65. The SMILES string of the molecule is CC(C)CC(CN)N1CCCc2ccccc21. The van der Waals surface area contributed by atoms with Gasteiger partial charge in [0.1, 0.15) is 0 Å². The van der Waals surface area contributed by atoms with Crippen LogP contribution in [-0.2, 0) is 6.42 Å². The van der Waals surface area contributed by atoms with Crippen LogP contribution in [0.15, 0.2) is 24.3 Å². The highest BCUT2D eigenvalue weighted by atomic mass is 15.2. The molecule has 0 aromatic heterocycles. The van der Waals surface area contributed by atoms with Gasteiger partial charge >= 0.3 is 0 Å². The largest absolute Gasteiger partial charge is 0.367 e. The van der Waals surface area contributed by atoms with Crippen molar-refractivity contribution >= 4 is 5.69 Å². The number of hydrogen-bond donors (Lipinski definition) is 1. The zero-order valence-corrected chi connectivity index (χ0v) is 11.0. The fourth-order valence-electron chi connectivity index (χ4n) is 2.84. The van der Waals surface area contributed by atoms with E-state index in [1.807, 2.05) is 0 Å². The second-order valence-corrected chi connectivity index (χ2v) is 5.44. The molecule has 1 unspecified atom stereocenters. The predicted molar refractivity (Wildman–Crippen MR) is 74.4 cm³/mol. The molecule has 1 heterocycles. The summed E-state index contributed by atoms with van der Waals surface area (Å²) in [5.74, 6) is 0.706. The van der Waals surface area contributed by atoms with Crippen molar-refractivity contribution in [1.82, 2.24) is 0 Å². The van der Waals surface area contributed by atoms with Crippen LogP contribution in [0.2, 0.25) is 0 Å². The molecule has 2 nitrogen and oxygen atoms in total. The van der Waals surface area contributed by atoms with E-state index in [4.69, 9.17) is 5.73 Å². The average molecular weight is 232 g/mol. The van der Waals surface area contributed by atoms with Crippen molar-refractivity contribution in [1.29, 1.82) is 0 Å². The zero-order valence-electron chi connectivity index (χ0n) is 11.0. The van der Waals surface area contributed by atoms with Gasteiger partial charge in [-0.05, 0) is 36.8 Å². The van der Waals surface area contributed by atoms with Gasteiger partial charge in [-0.15, -0.1) is 0 Å². The van der Waals surface area contributed by atoms with Crippen LogP contribution in [0, 0.1) is 5.92 Å². The molecular weight excluding hydrogens is 208 g/mol. The van der Waals surface area contributed by atoms with Crippen LogP contribution >= 0.6 is 0 Å². The third-order valence-electron chi connectivity index (χ3n) is 3.60. The number of fused-ring (bicyclic) bond motifs is 1. The molecule has 2 rings (SSSR count). The van der Waals surface area contributed by atoms with Crippen molar-refractivity contribution in [3.63, 3.8) is 0 Å². The van der Waals surface area contributed by atoms with Gasteiger partial charge in [0.2, 0.25) is 0 Å². The lowest BCUT2D eigenvalue weighted by Crippen LogP contribution is -2.44. The van der Waals surface area contributed by atoms with Gasteiger partial charge in [0.05, 0.1) is 0 Å². The van der Waals surface area contributed by atoms with Crippen molar-refractivity contribution in [2.24, 2.45) is 11.7 Å². The van der Waals surface area contributed by atoms with Gasteiger partial charge in [-0.1, -0.05) is 32.0 Å². The van der Waals surface area contributed by atoms with E-state index in [0.717, 1.165) is 13.1 Å². The molecule has 0 amide bonds. The summed E-state index contributed by atoms with van der Waals surface area (Å²) in [6.45, 7) is 6.47. The first-order chi connectivity index (χ1) is 8.22. The number of nitrogens with two attached hydrogens (primary N) is 1. The van der Waals surface area contributed by atoms with E-state index in [0.29, 0.717) is 12.0 Å². The zero-order chi connectivity index (χ0) is 12.3. The summed E-state index contributed by atoms with van der Waals surface area (Å²) >= 11 is 0. The standard InChI is InChI=1S/C15H24N2/c1-12(2)10-14(11-16)17-9-5-7-13-6-3-4-8-15(13)17/h3-4,6,8,12,14H,5,7,9-11,16H2,1-2H3. The summed E-state index contributed by atoms with van der Waals surface area (Å²) < 4.78 is 0. The van der Waals surface area contributed by atoms with E-state index in [1.54, 1.807) is 0 Å². The molecule has 17 heavy (non-hydrogen) atoms. The number of benzene rings is 1. The molecule has 0 aliphatic carbocycles. The number of aryl methyl sites for hydroxylation is 1. The molecule has 0 bridgehead atoms. The summed E-state index contributed by atoms with van der Waals surface area (Å²) in [6, 6.07) is 9.28. The second-order valence-electron chi connectivity index (χ2n) is 5.44. The van der Waals surface area contributed by atoms with Gasteiger partial charge < -0.3 is 10.6 Å². The molecule has 1 aliphatic rings. The van der Waals surface area contributed by atoms with Crippen LogP contribution in [0.5, 0.6) is 0 Å². The lowest BCUT2D eigenvalue weighted by molar-refractivity contribution is 0.459. The Kier molecular flexibility index (Phi) is 4.06. The Labute approximate surface area is 105 Å². The van der Waals surface area contributed by atoms with Crippen molar-refractivity contribution < 1.29 is 0 Å². The maximum atomic E-state index is 5.97. The fraction of sp³-hybridized carbons (Fsp3) is 0.600. The Morgan fingerprint density at radius 3 is 2.76 bits per heavy atom. The molecule has 2 N–H and O–H groups in total. The molecule has 94 valence electrons. The Bertz CT molecular complexity index is 360. The maximum absolute atomic E-state index is 5.97. The normalized spacial score (nSPS) is 17.1. The van der Waals surface area contributed by atoms with Crippen LogP contribution in [-0.4, -0.2) is 19.1 Å². The topological polar surface area (TPSA) is 29.3 Å². The summed E-state index contributed by atoms with van der Waals surface area (Å²) in [5.41, 5.74) is 8.87. The Morgan fingerprint density at radius 1 is 1.29 bits per heavy atom. The Morgan fingerprint density at radius 2 is 2.06 bits per heavy atom. The highest BCUT2D eigenvalue weighted by Gasteiger charge is 2.23. The highest BCUT2D eigenvalue weighted by molar-refractivity contribution is 5.56. The lowest BCUT2D eigenvalue weighted by Gasteiger charge is -2.38. The van der Waals surface area contributed by atoms with E-state index >= 15 is 0 Å². The van der Waals surface area contributed by atoms with Crippen LogP contribution in [0.25, 0.3) is 0 Å². The molecule has 1 atom stereocenters. The van der Waals surface area contributed by atoms with Gasteiger partial charge in [-0.3, -0.25) is 0 Å². The van der Waals surface area contributed by atoms with Gasteiger partial charge in [0.15, 0.2) is 0 Å². The van der Waals surface area contributed by atoms with Gasteiger partial charge in [-0.2, -0.15) is 0 Å². The second kappa shape index (κ2) is 5.54. The molecule has 1 aromatic carbocycles. The lowest BCUT2D eigenvalue weighted by atomic mass is 9.96. The van der Waals surface area contributed by atoms with E-state index in [2.05, 4.69) is 43.0 Å². The molecule has 2 heteroatoms. The fourth-order valence-corrected chi connectivity index (χ4v) is 2.84. The number of para-hydroxylation sites is 1. The summed E-state index contributed by atoms with van der Waals surface area (Å²) in [7, 11) is 0. The van der Waals surface area contributed by atoms with Crippen LogP contribution in [0.3, 0.4) is 0 Å². The number of rotatable bonds is 4. The number of hydrogen-bond acceptors (Lipinski definition) is 2. The highest BCUT2D eigenvalue weighted by Crippen LogP contribution is 2.29. The van der Waals surface area contributed by atoms with Crippen molar-refractivity contribution in [3.05, 3.63) is 29.8 Å². The first kappa shape index (κ1) is 12.4. The smallest absolute Gasteiger partial charge is 0.0414 e. The third-order valence-corrected chi connectivity index (χ3v) is 3.60. The van der Waals surface area contributed by atoms with Crippen molar-refractivity contribution in [2.45, 2.75) is 39.2 Å².